The molecule has 0 N–H and O–H groups in total. The first-order valence-electron chi connectivity index (χ1n) is 19.8. The number of nitrogens with zero attached hydrogens (tertiary/aromatic N) is 1. The van der Waals surface area contributed by atoms with Gasteiger partial charge in [-0.25, -0.2) is 0 Å². The van der Waals surface area contributed by atoms with Crippen LogP contribution < -0.4 is 4.90 Å². The molecule has 0 aliphatic rings. The Morgan fingerprint density at radius 1 is 0.276 bits per heavy atom. The van der Waals surface area contributed by atoms with E-state index in [0.717, 1.165) is 50.1 Å². The van der Waals surface area contributed by atoms with Crippen molar-refractivity contribution in [3.05, 3.63) is 224 Å². The topological polar surface area (TPSA) is 16.4 Å². The van der Waals surface area contributed by atoms with Crippen molar-refractivity contribution in [1.82, 2.24) is 0 Å². The number of hydrogen-bond donors (Lipinski definition) is 0. The number of para-hydroxylation sites is 1. The fraction of sp³-hybridized carbons (Fsp3) is 0. The van der Waals surface area contributed by atoms with Crippen LogP contribution >= 0.6 is 0 Å². The summed E-state index contributed by atoms with van der Waals surface area (Å²) in [5, 5.41) is 7.14. The minimum Gasteiger partial charge on any atom is -0.456 e. The van der Waals surface area contributed by atoms with Crippen LogP contribution in [0, 0.1) is 0 Å². The Morgan fingerprint density at radius 2 is 0.741 bits per heavy atom. The van der Waals surface area contributed by atoms with E-state index < -0.39 is 0 Å². The van der Waals surface area contributed by atoms with Crippen molar-refractivity contribution in [2.75, 3.05) is 4.90 Å². The van der Waals surface area contributed by atoms with Gasteiger partial charge < -0.3 is 9.32 Å². The Labute approximate surface area is 337 Å². The molecule has 0 radical (unpaired) electrons. The Kier molecular flexibility index (Phi) is 8.19. The molecule has 0 spiro atoms. The van der Waals surface area contributed by atoms with Crippen molar-refractivity contribution in [1.29, 1.82) is 0 Å². The predicted octanol–water partition coefficient (Wildman–Crippen LogP) is 16.0. The van der Waals surface area contributed by atoms with E-state index in [-0.39, 0.29) is 0 Å². The highest BCUT2D eigenvalue weighted by molar-refractivity contribution is 6.10. The van der Waals surface area contributed by atoms with Gasteiger partial charge in [-0.1, -0.05) is 164 Å². The summed E-state index contributed by atoms with van der Waals surface area (Å²) in [6, 6.07) is 80.7. The van der Waals surface area contributed by atoms with Gasteiger partial charge in [0.1, 0.15) is 11.2 Å². The molecular weight excluding hydrogens is 703 g/mol. The zero-order valence-corrected chi connectivity index (χ0v) is 31.7. The maximum absolute atomic E-state index is 6.44. The minimum absolute atomic E-state index is 0.896. The summed E-state index contributed by atoms with van der Waals surface area (Å²) in [5.41, 5.74) is 14.5. The molecular formula is C56H37NO. The van der Waals surface area contributed by atoms with Gasteiger partial charge in [-0.05, 0) is 121 Å². The zero-order valence-electron chi connectivity index (χ0n) is 31.7. The van der Waals surface area contributed by atoms with Gasteiger partial charge in [0.25, 0.3) is 0 Å². The minimum atomic E-state index is 0.896. The monoisotopic (exact) mass is 739 g/mol. The SMILES string of the molecule is c1ccc(-c2ccc(-c3ccc(N(c4ccc(-c5ccc6c(c5)oc5cc7ccccc7cc56)cc4)c4ccccc4-c4ccc5ccccc5c4)cc3)cc2)cc1. The molecule has 10 aromatic carbocycles. The third kappa shape index (κ3) is 6.09. The lowest BCUT2D eigenvalue weighted by Gasteiger charge is -2.28. The van der Waals surface area contributed by atoms with Crippen molar-refractivity contribution < 1.29 is 4.42 Å². The van der Waals surface area contributed by atoms with E-state index in [2.05, 4.69) is 229 Å². The lowest BCUT2D eigenvalue weighted by molar-refractivity contribution is 0.669. The molecule has 0 amide bonds. The number of furan rings is 1. The van der Waals surface area contributed by atoms with Crippen LogP contribution in [-0.4, -0.2) is 0 Å². The van der Waals surface area contributed by atoms with Gasteiger partial charge >= 0.3 is 0 Å². The number of benzene rings is 10. The van der Waals surface area contributed by atoms with Gasteiger partial charge in [0.15, 0.2) is 0 Å². The average molecular weight is 740 g/mol. The highest BCUT2D eigenvalue weighted by Crippen LogP contribution is 2.43. The molecule has 1 heterocycles. The molecule has 11 aromatic rings. The fourth-order valence-corrected chi connectivity index (χ4v) is 8.43. The van der Waals surface area contributed by atoms with Crippen LogP contribution in [0.3, 0.4) is 0 Å². The normalized spacial score (nSPS) is 11.4. The van der Waals surface area contributed by atoms with E-state index in [1.807, 2.05) is 0 Å². The first kappa shape index (κ1) is 33.6. The lowest BCUT2D eigenvalue weighted by Crippen LogP contribution is -2.11. The highest BCUT2D eigenvalue weighted by Gasteiger charge is 2.18. The molecule has 1 aromatic heterocycles. The third-order valence-corrected chi connectivity index (χ3v) is 11.5. The first-order chi connectivity index (χ1) is 28.7. The molecule has 0 unspecified atom stereocenters. The molecule has 0 fully saturated rings. The molecule has 2 heteroatoms. The second-order valence-corrected chi connectivity index (χ2v) is 15.0. The molecule has 0 bridgehead atoms. The summed E-state index contributed by atoms with van der Waals surface area (Å²) < 4.78 is 6.44. The molecule has 11 rings (SSSR count). The Balaban J connectivity index is 0.980. The summed E-state index contributed by atoms with van der Waals surface area (Å²) in [6.45, 7) is 0. The van der Waals surface area contributed by atoms with E-state index in [9.17, 15) is 0 Å². The van der Waals surface area contributed by atoms with Crippen LogP contribution in [0.4, 0.5) is 17.1 Å². The van der Waals surface area contributed by atoms with Crippen LogP contribution in [-0.2, 0) is 0 Å². The first-order valence-corrected chi connectivity index (χ1v) is 19.8. The second-order valence-electron chi connectivity index (χ2n) is 15.0. The standard InChI is InChI=1S/C56H37NO/c1-2-10-38(11-3-1)40-18-20-41(21-19-40)42-24-29-49(30-25-42)57(54-17-9-8-16-51(54)48-23-22-39-12-4-5-13-44(39)34-48)50-31-26-43(27-32-50)47-28-33-52-53-35-45-14-6-7-15-46(45)36-56(53)58-55(52)37-47/h1-37H. The van der Waals surface area contributed by atoms with Crippen LogP contribution in [0.5, 0.6) is 0 Å². The van der Waals surface area contributed by atoms with E-state index in [1.165, 1.54) is 54.9 Å². The summed E-state index contributed by atoms with van der Waals surface area (Å²) in [5.74, 6) is 0. The summed E-state index contributed by atoms with van der Waals surface area (Å²) in [6.07, 6.45) is 0. The van der Waals surface area contributed by atoms with E-state index >= 15 is 0 Å². The van der Waals surface area contributed by atoms with Crippen molar-refractivity contribution in [3.8, 4) is 44.5 Å². The number of rotatable bonds is 7. The van der Waals surface area contributed by atoms with Crippen LogP contribution in [0.1, 0.15) is 0 Å². The molecule has 0 aliphatic heterocycles. The average Bonchev–Trinajstić information content (AvgIpc) is 3.65. The summed E-state index contributed by atoms with van der Waals surface area (Å²) >= 11 is 0. The Morgan fingerprint density at radius 3 is 1.41 bits per heavy atom. The van der Waals surface area contributed by atoms with Gasteiger partial charge in [0.2, 0.25) is 0 Å². The van der Waals surface area contributed by atoms with Gasteiger partial charge in [-0.15, -0.1) is 0 Å². The molecule has 0 atom stereocenters. The number of fused-ring (bicyclic) bond motifs is 5. The van der Waals surface area contributed by atoms with Crippen molar-refractivity contribution >= 4 is 60.5 Å². The zero-order chi connectivity index (χ0) is 38.4. The van der Waals surface area contributed by atoms with Crippen molar-refractivity contribution in [2.24, 2.45) is 0 Å². The molecule has 0 saturated carbocycles. The molecule has 58 heavy (non-hydrogen) atoms. The van der Waals surface area contributed by atoms with Crippen molar-refractivity contribution in [3.63, 3.8) is 0 Å². The van der Waals surface area contributed by atoms with Gasteiger partial charge in [0.05, 0.1) is 5.69 Å². The van der Waals surface area contributed by atoms with E-state index in [0.29, 0.717) is 0 Å². The summed E-state index contributed by atoms with van der Waals surface area (Å²) in [7, 11) is 0. The molecule has 0 saturated heterocycles. The van der Waals surface area contributed by atoms with Crippen molar-refractivity contribution in [2.45, 2.75) is 0 Å². The largest absolute Gasteiger partial charge is 0.456 e. The van der Waals surface area contributed by atoms with Gasteiger partial charge in [-0.3, -0.25) is 0 Å². The number of hydrogen-bond acceptors (Lipinski definition) is 2. The third-order valence-electron chi connectivity index (χ3n) is 11.5. The van der Waals surface area contributed by atoms with Crippen LogP contribution in [0.25, 0.3) is 88.0 Å². The second kappa shape index (κ2) is 14.1. The maximum Gasteiger partial charge on any atom is 0.136 e. The lowest BCUT2D eigenvalue weighted by atomic mass is 9.97. The quantitative estimate of drug-likeness (QED) is 0.162. The Bertz CT molecular complexity index is 3250. The fourth-order valence-electron chi connectivity index (χ4n) is 8.43. The van der Waals surface area contributed by atoms with Gasteiger partial charge in [-0.2, -0.15) is 0 Å². The van der Waals surface area contributed by atoms with E-state index in [1.54, 1.807) is 0 Å². The number of anilines is 3. The molecule has 272 valence electrons. The van der Waals surface area contributed by atoms with E-state index in [4.69, 9.17) is 4.42 Å². The highest BCUT2D eigenvalue weighted by atomic mass is 16.3. The molecule has 2 nitrogen and oxygen atoms in total. The molecule has 0 aliphatic carbocycles. The summed E-state index contributed by atoms with van der Waals surface area (Å²) in [4.78, 5) is 2.38. The van der Waals surface area contributed by atoms with Crippen LogP contribution in [0.15, 0.2) is 229 Å². The van der Waals surface area contributed by atoms with Gasteiger partial charge in [0, 0.05) is 27.7 Å². The Hall–Kier alpha value is -7.68. The maximum atomic E-state index is 6.44. The predicted molar refractivity (Wildman–Crippen MR) is 245 cm³/mol. The van der Waals surface area contributed by atoms with Crippen LogP contribution in [0.2, 0.25) is 0 Å². The smallest absolute Gasteiger partial charge is 0.136 e.